The van der Waals surface area contributed by atoms with Crippen LogP contribution in [0, 0.1) is 0 Å². The van der Waals surface area contributed by atoms with Gasteiger partial charge in [0.15, 0.2) is 0 Å². The van der Waals surface area contributed by atoms with Crippen molar-refractivity contribution in [2.75, 3.05) is 7.05 Å². The summed E-state index contributed by atoms with van der Waals surface area (Å²) in [4.78, 5) is 3.85. The lowest BCUT2D eigenvalue weighted by atomic mass is 10.2. The minimum atomic E-state index is 0.559. The summed E-state index contributed by atoms with van der Waals surface area (Å²) in [6.07, 6.45) is 1.72. The quantitative estimate of drug-likeness (QED) is 0.600. The van der Waals surface area contributed by atoms with E-state index in [1.54, 1.807) is 25.4 Å². The van der Waals surface area contributed by atoms with Crippen LogP contribution >= 0.6 is 23.2 Å². The minimum Gasteiger partial charge on any atom is -0.296 e. The van der Waals surface area contributed by atoms with E-state index in [0.717, 1.165) is 5.56 Å². The fraction of sp³-hybridized carbons (Fsp3) is 0.125. The predicted molar refractivity (Wildman–Crippen MR) is 50.0 cm³/mol. The van der Waals surface area contributed by atoms with E-state index >= 15 is 0 Å². The first-order valence-electron chi connectivity index (χ1n) is 3.11. The van der Waals surface area contributed by atoms with Crippen LogP contribution in [0.1, 0.15) is 5.56 Å². The molecule has 58 valence electrons. The zero-order valence-corrected chi connectivity index (χ0v) is 7.52. The Morgan fingerprint density at radius 1 is 1.27 bits per heavy atom. The Morgan fingerprint density at radius 2 is 2.00 bits per heavy atom. The van der Waals surface area contributed by atoms with E-state index in [4.69, 9.17) is 23.2 Å². The van der Waals surface area contributed by atoms with Crippen LogP contribution in [0.15, 0.2) is 23.2 Å². The van der Waals surface area contributed by atoms with Crippen molar-refractivity contribution < 1.29 is 0 Å². The third-order valence-electron chi connectivity index (χ3n) is 1.22. The number of nitrogens with zero attached hydrogens (tertiary/aromatic N) is 1. The molecule has 1 nitrogen and oxygen atoms in total. The van der Waals surface area contributed by atoms with Crippen molar-refractivity contribution in [3.8, 4) is 0 Å². The summed E-state index contributed by atoms with van der Waals surface area (Å²) in [5, 5.41) is 1.13. The molecule has 0 amide bonds. The van der Waals surface area contributed by atoms with E-state index in [2.05, 4.69) is 4.99 Å². The molecule has 0 heterocycles. The monoisotopic (exact) mass is 187 g/mol. The molecule has 0 N–H and O–H groups in total. The highest BCUT2D eigenvalue weighted by Gasteiger charge is 1.95. The molecule has 0 spiro atoms. The molecule has 11 heavy (non-hydrogen) atoms. The van der Waals surface area contributed by atoms with E-state index in [-0.39, 0.29) is 0 Å². The lowest BCUT2D eigenvalue weighted by molar-refractivity contribution is 1.46. The molecule has 0 aliphatic carbocycles. The molecular weight excluding hydrogens is 181 g/mol. The SMILES string of the molecule is CN=Cc1ccc(Cl)c(Cl)c1. The Balaban J connectivity index is 3.05. The molecule has 1 rings (SSSR count). The van der Waals surface area contributed by atoms with Gasteiger partial charge in [0.05, 0.1) is 10.0 Å². The summed E-state index contributed by atoms with van der Waals surface area (Å²) in [7, 11) is 1.71. The fourth-order valence-electron chi connectivity index (χ4n) is 0.742. The van der Waals surface area contributed by atoms with Gasteiger partial charge in [0.25, 0.3) is 0 Å². The minimum absolute atomic E-state index is 0.559. The second-order valence-electron chi connectivity index (χ2n) is 2.06. The van der Waals surface area contributed by atoms with E-state index in [1.807, 2.05) is 6.07 Å². The summed E-state index contributed by atoms with van der Waals surface area (Å²) in [5.41, 5.74) is 0.960. The van der Waals surface area contributed by atoms with E-state index in [1.165, 1.54) is 0 Å². The van der Waals surface area contributed by atoms with Gasteiger partial charge in [-0.2, -0.15) is 0 Å². The molecule has 0 fully saturated rings. The largest absolute Gasteiger partial charge is 0.296 e. The molecule has 3 heteroatoms. The highest BCUT2D eigenvalue weighted by molar-refractivity contribution is 6.42. The second-order valence-corrected chi connectivity index (χ2v) is 2.88. The number of hydrogen-bond acceptors (Lipinski definition) is 1. The number of benzene rings is 1. The normalized spacial score (nSPS) is 10.8. The lowest BCUT2D eigenvalue weighted by Crippen LogP contribution is -1.79. The summed E-state index contributed by atoms with van der Waals surface area (Å²) in [6.45, 7) is 0. The second kappa shape index (κ2) is 3.74. The van der Waals surface area contributed by atoms with Gasteiger partial charge in [0, 0.05) is 13.3 Å². The highest BCUT2D eigenvalue weighted by Crippen LogP contribution is 2.21. The number of rotatable bonds is 1. The van der Waals surface area contributed by atoms with Crippen LogP contribution in [0.5, 0.6) is 0 Å². The molecule has 0 radical (unpaired) electrons. The Morgan fingerprint density at radius 3 is 2.55 bits per heavy atom. The van der Waals surface area contributed by atoms with Gasteiger partial charge >= 0.3 is 0 Å². The molecule has 0 saturated carbocycles. The smallest absolute Gasteiger partial charge is 0.0598 e. The van der Waals surface area contributed by atoms with E-state index in [0.29, 0.717) is 10.0 Å². The van der Waals surface area contributed by atoms with Crippen LogP contribution in [0.4, 0.5) is 0 Å². The fourth-order valence-corrected chi connectivity index (χ4v) is 1.05. The van der Waals surface area contributed by atoms with Crippen LogP contribution in [-0.2, 0) is 0 Å². The Labute approximate surface area is 75.7 Å². The van der Waals surface area contributed by atoms with Crippen molar-refractivity contribution in [3.05, 3.63) is 33.8 Å². The summed E-state index contributed by atoms with van der Waals surface area (Å²) in [6, 6.07) is 5.39. The average Bonchev–Trinajstić information content (AvgIpc) is 1.98. The third-order valence-corrected chi connectivity index (χ3v) is 1.96. The standard InChI is InChI=1S/C8H7Cl2N/c1-11-5-6-2-3-7(9)8(10)4-6/h2-5H,1H3. The van der Waals surface area contributed by atoms with Gasteiger partial charge in [-0.1, -0.05) is 29.3 Å². The van der Waals surface area contributed by atoms with Crippen LogP contribution in [0.25, 0.3) is 0 Å². The third kappa shape index (κ3) is 2.21. The van der Waals surface area contributed by atoms with Crippen LogP contribution in [0.3, 0.4) is 0 Å². The Kier molecular flexibility index (Phi) is 2.92. The molecule has 0 atom stereocenters. The van der Waals surface area contributed by atoms with Crippen LogP contribution < -0.4 is 0 Å². The molecule has 0 bridgehead atoms. The van der Waals surface area contributed by atoms with Crippen molar-refractivity contribution in [2.45, 2.75) is 0 Å². The van der Waals surface area contributed by atoms with Crippen molar-refractivity contribution in [1.82, 2.24) is 0 Å². The van der Waals surface area contributed by atoms with Gasteiger partial charge in [-0.05, 0) is 17.7 Å². The first-order chi connectivity index (χ1) is 5.24. The van der Waals surface area contributed by atoms with Crippen molar-refractivity contribution in [2.24, 2.45) is 4.99 Å². The van der Waals surface area contributed by atoms with Gasteiger partial charge in [-0.15, -0.1) is 0 Å². The van der Waals surface area contributed by atoms with Crippen molar-refractivity contribution in [1.29, 1.82) is 0 Å². The maximum absolute atomic E-state index is 5.76. The predicted octanol–water partition coefficient (Wildman–Crippen LogP) is 3.04. The number of aliphatic imine (C=N–C) groups is 1. The van der Waals surface area contributed by atoms with Gasteiger partial charge in [0.2, 0.25) is 0 Å². The molecule has 1 aromatic rings. The van der Waals surface area contributed by atoms with Crippen molar-refractivity contribution in [3.63, 3.8) is 0 Å². The van der Waals surface area contributed by atoms with Gasteiger partial charge in [-0.25, -0.2) is 0 Å². The molecule has 0 aliphatic heterocycles. The maximum Gasteiger partial charge on any atom is 0.0598 e. The molecule has 0 aromatic heterocycles. The van der Waals surface area contributed by atoms with Crippen LogP contribution in [-0.4, -0.2) is 13.3 Å². The summed E-state index contributed by atoms with van der Waals surface area (Å²) < 4.78 is 0. The molecule has 0 aliphatic rings. The first-order valence-corrected chi connectivity index (χ1v) is 3.87. The lowest BCUT2D eigenvalue weighted by Gasteiger charge is -1.95. The van der Waals surface area contributed by atoms with Gasteiger partial charge in [0.1, 0.15) is 0 Å². The van der Waals surface area contributed by atoms with E-state index < -0.39 is 0 Å². The zero-order valence-electron chi connectivity index (χ0n) is 6.01. The maximum atomic E-state index is 5.76. The Hall–Kier alpha value is -0.530. The molecular formula is C8H7Cl2N. The zero-order chi connectivity index (χ0) is 8.27. The van der Waals surface area contributed by atoms with Crippen LogP contribution in [0.2, 0.25) is 10.0 Å². The molecule has 1 aromatic carbocycles. The summed E-state index contributed by atoms with van der Waals surface area (Å²) >= 11 is 11.5. The first kappa shape index (κ1) is 8.57. The number of halogens is 2. The summed E-state index contributed by atoms with van der Waals surface area (Å²) in [5.74, 6) is 0. The topological polar surface area (TPSA) is 12.4 Å². The van der Waals surface area contributed by atoms with Gasteiger partial charge < -0.3 is 0 Å². The van der Waals surface area contributed by atoms with Crippen molar-refractivity contribution >= 4 is 29.4 Å². The van der Waals surface area contributed by atoms with E-state index in [9.17, 15) is 0 Å². The molecule has 0 saturated heterocycles. The molecule has 0 unspecified atom stereocenters. The highest BCUT2D eigenvalue weighted by atomic mass is 35.5. The van der Waals surface area contributed by atoms with Gasteiger partial charge in [-0.3, -0.25) is 4.99 Å². The number of hydrogen-bond donors (Lipinski definition) is 0. The average molecular weight is 188 g/mol. The Bertz CT molecular complexity index is 281.